The van der Waals surface area contributed by atoms with Crippen molar-refractivity contribution in [3.8, 4) is 0 Å². The molecule has 1 fully saturated rings. The van der Waals surface area contributed by atoms with E-state index in [2.05, 4.69) is 5.32 Å². The Bertz CT molecular complexity index is 1040. The van der Waals surface area contributed by atoms with Crippen LogP contribution in [0.4, 0.5) is 5.69 Å². The molecule has 2 aliphatic rings. The number of carbonyl (C=O) groups is 4. The fraction of sp³-hybridized carbons (Fsp3) is 0.280. The number of nitrogens with one attached hydrogen (secondary N) is 1. The van der Waals surface area contributed by atoms with Crippen LogP contribution in [0, 0.1) is 11.8 Å². The molecule has 4 rings (SSSR count). The molecule has 1 aliphatic heterocycles. The van der Waals surface area contributed by atoms with Crippen molar-refractivity contribution in [3.63, 3.8) is 0 Å². The Kier molecular flexibility index (Phi) is 6.16. The van der Waals surface area contributed by atoms with Gasteiger partial charge in [-0.05, 0) is 49.6 Å². The summed E-state index contributed by atoms with van der Waals surface area (Å²) in [5, 5.41) is 2.78. The summed E-state index contributed by atoms with van der Waals surface area (Å²) in [6.07, 6.45) is 5.01. The molecule has 0 bridgehead atoms. The van der Waals surface area contributed by atoms with Crippen LogP contribution >= 0.6 is 0 Å². The van der Waals surface area contributed by atoms with E-state index in [1.54, 1.807) is 12.1 Å². The molecule has 164 valence electrons. The van der Waals surface area contributed by atoms with Crippen LogP contribution in [0.5, 0.6) is 0 Å². The second-order valence-corrected chi connectivity index (χ2v) is 7.99. The van der Waals surface area contributed by atoms with E-state index in [9.17, 15) is 19.2 Å². The molecule has 1 saturated heterocycles. The first-order valence-corrected chi connectivity index (χ1v) is 10.6. The molecule has 7 heteroatoms. The molecule has 2 aromatic rings. The average molecular weight is 432 g/mol. The molecule has 7 nitrogen and oxygen atoms in total. The second-order valence-electron chi connectivity index (χ2n) is 7.99. The van der Waals surface area contributed by atoms with Gasteiger partial charge in [-0.25, -0.2) is 4.79 Å². The predicted molar refractivity (Wildman–Crippen MR) is 118 cm³/mol. The molecule has 0 saturated carbocycles. The third-order valence-corrected chi connectivity index (χ3v) is 5.88. The van der Waals surface area contributed by atoms with Crippen LogP contribution in [0.25, 0.3) is 0 Å². The van der Waals surface area contributed by atoms with Gasteiger partial charge >= 0.3 is 5.97 Å². The normalized spacial score (nSPS) is 20.6. The van der Waals surface area contributed by atoms with Crippen molar-refractivity contribution in [3.05, 3.63) is 77.9 Å². The van der Waals surface area contributed by atoms with Crippen molar-refractivity contribution in [2.24, 2.45) is 11.8 Å². The molecule has 0 spiro atoms. The van der Waals surface area contributed by atoms with Gasteiger partial charge in [0.1, 0.15) is 0 Å². The number of carbonyl (C=O) groups excluding carboxylic acids is 4. The van der Waals surface area contributed by atoms with Crippen molar-refractivity contribution >= 4 is 29.4 Å². The maximum atomic E-state index is 12.7. The first-order valence-electron chi connectivity index (χ1n) is 10.6. The largest absolute Gasteiger partial charge is 0.452 e. The smallest absolute Gasteiger partial charge is 0.338 e. The second kappa shape index (κ2) is 9.18. The molecule has 2 aromatic carbocycles. The minimum absolute atomic E-state index is 0.205. The molecule has 0 unspecified atom stereocenters. The lowest BCUT2D eigenvalue weighted by Gasteiger charge is -2.15. The van der Waals surface area contributed by atoms with Gasteiger partial charge in [0, 0.05) is 0 Å². The number of hydrogen-bond acceptors (Lipinski definition) is 5. The van der Waals surface area contributed by atoms with Crippen molar-refractivity contribution in [2.45, 2.75) is 25.8 Å². The summed E-state index contributed by atoms with van der Waals surface area (Å²) in [4.78, 5) is 51.0. The minimum Gasteiger partial charge on any atom is -0.452 e. The third kappa shape index (κ3) is 4.32. The number of nitrogens with zero attached hydrogens (tertiary/aromatic N) is 1. The maximum absolute atomic E-state index is 12.7. The van der Waals surface area contributed by atoms with Crippen LogP contribution < -0.4 is 10.2 Å². The Hall–Kier alpha value is -3.74. The molecule has 0 radical (unpaired) electrons. The van der Waals surface area contributed by atoms with Gasteiger partial charge < -0.3 is 10.1 Å². The van der Waals surface area contributed by atoms with Gasteiger partial charge in [-0.15, -0.1) is 0 Å². The highest BCUT2D eigenvalue weighted by molar-refractivity contribution is 6.22. The SMILES string of the molecule is C[C@H](NC(=O)COC(=O)c1ccc(N2C(=O)[C@H]3CC=CC[C@H]3C2=O)cc1)c1ccccc1. The van der Waals surface area contributed by atoms with E-state index in [1.807, 2.05) is 49.4 Å². The lowest BCUT2D eigenvalue weighted by molar-refractivity contribution is -0.125. The number of esters is 1. The molecular formula is C25H24N2O5. The van der Waals surface area contributed by atoms with Gasteiger partial charge in [0.05, 0.1) is 29.1 Å². The summed E-state index contributed by atoms with van der Waals surface area (Å²) >= 11 is 0. The molecule has 1 heterocycles. The van der Waals surface area contributed by atoms with Gasteiger partial charge in [0.2, 0.25) is 11.8 Å². The standard InChI is InChI=1S/C25H24N2O5/c1-16(17-7-3-2-4-8-17)26-22(28)15-32-25(31)18-11-13-19(14-12-18)27-23(29)20-9-5-6-10-21(20)24(27)30/h2-8,11-14,16,20-21H,9-10,15H2,1H3,(H,26,28)/t16-,20-,21+/m0/s1. The van der Waals surface area contributed by atoms with Gasteiger partial charge in [0.25, 0.3) is 5.91 Å². The lowest BCUT2D eigenvalue weighted by atomic mass is 9.85. The summed E-state index contributed by atoms with van der Waals surface area (Å²) < 4.78 is 5.10. The van der Waals surface area contributed by atoms with Crippen LogP contribution in [0.2, 0.25) is 0 Å². The van der Waals surface area contributed by atoms with Crippen LogP contribution in [0.15, 0.2) is 66.7 Å². The Morgan fingerprint density at radius 2 is 1.56 bits per heavy atom. The number of fused-ring (bicyclic) bond motifs is 1. The van der Waals surface area contributed by atoms with Crippen LogP contribution in [-0.4, -0.2) is 30.3 Å². The fourth-order valence-corrected chi connectivity index (χ4v) is 4.12. The highest BCUT2D eigenvalue weighted by Crippen LogP contribution is 2.37. The Morgan fingerprint density at radius 1 is 0.969 bits per heavy atom. The van der Waals surface area contributed by atoms with Gasteiger partial charge in [-0.3, -0.25) is 19.3 Å². The molecule has 32 heavy (non-hydrogen) atoms. The Labute approximate surface area is 186 Å². The quantitative estimate of drug-likeness (QED) is 0.430. The Morgan fingerprint density at radius 3 is 2.16 bits per heavy atom. The summed E-state index contributed by atoms with van der Waals surface area (Å²) in [6, 6.07) is 15.3. The zero-order chi connectivity index (χ0) is 22.7. The van der Waals surface area contributed by atoms with Crippen LogP contribution in [0.3, 0.4) is 0 Å². The molecule has 1 aliphatic carbocycles. The maximum Gasteiger partial charge on any atom is 0.338 e. The number of rotatable bonds is 6. The number of ether oxygens (including phenoxy) is 1. The number of benzene rings is 2. The van der Waals surface area contributed by atoms with E-state index in [1.165, 1.54) is 17.0 Å². The molecule has 0 aromatic heterocycles. The van der Waals surface area contributed by atoms with E-state index in [-0.39, 0.29) is 35.3 Å². The monoisotopic (exact) mass is 432 g/mol. The van der Waals surface area contributed by atoms with Gasteiger partial charge in [-0.1, -0.05) is 42.5 Å². The number of anilines is 1. The summed E-state index contributed by atoms with van der Waals surface area (Å²) in [5.41, 5.74) is 1.61. The summed E-state index contributed by atoms with van der Waals surface area (Å²) in [6.45, 7) is 1.44. The zero-order valence-electron chi connectivity index (χ0n) is 17.7. The van der Waals surface area contributed by atoms with Crippen molar-refractivity contribution < 1.29 is 23.9 Å². The Balaban J connectivity index is 1.33. The summed E-state index contributed by atoms with van der Waals surface area (Å²) in [7, 11) is 0. The molecular weight excluding hydrogens is 408 g/mol. The van der Waals surface area contributed by atoms with E-state index in [0.29, 0.717) is 18.5 Å². The first-order chi connectivity index (χ1) is 15.5. The predicted octanol–water partition coefficient (Wildman–Crippen LogP) is 3.18. The highest BCUT2D eigenvalue weighted by atomic mass is 16.5. The molecule has 3 amide bonds. The lowest BCUT2D eigenvalue weighted by Crippen LogP contribution is -2.31. The van der Waals surface area contributed by atoms with E-state index >= 15 is 0 Å². The third-order valence-electron chi connectivity index (χ3n) is 5.88. The number of hydrogen-bond donors (Lipinski definition) is 1. The average Bonchev–Trinajstić information content (AvgIpc) is 3.08. The molecule has 1 N–H and O–H groups in total. The van der Waals surface area contributed by atoms with E-state index < -0.39 is 18.5 Å². The number of amides is 3. The van der Waals surface area contributed by atoms with Gasteiger partial charge in [-0.2, -0.15) is 0 Å². The van der Waals surface area contributed by atoms with E-state index in [0.717, 1.165) is 5.56 Å². The summed E-state index contributed by atoms with van der Waals surface area (Å²) in [5.74, 6) is -2.09. The minimum atomic E-state index is -0.656. The van der Waals surface area contributed by atoms with Crippen molar-refractivity contribution in [1.82, 2.24) is 5.32 Å². The van der Waals surface area contributed by atoms with Gasteiger partial charge in [0.15, 0.2) is 6.61 Å². The highest BCUT2D eigenvalue weighted by Gasteiger charge is 2.47. The fourth-order valence-electron chi connectivity index (χ4n) is 4.12. The first kappa shape index (κ1) is 21.5. The van der Waals surface area contributed by atoms with Crippen LogP contribution in [0.1, 0.15) is 41.7 Å². The number of allylic oxidation sites excluding steroid dienone is 2. The van der Waals surface area contributed by atoms with E-state index in [4.69, 9.17) is 4.74 Å². The molecule has 3 atom stereocenters. The van der Waals surface area contributed by atoms with Crippen molar-refractivity contribution in [1.29, 1.82) is 0 Å². The number of imide groups is 1. The topological polar surface area (TPSA) is 92.8 Å². The van der Waals surface area contributed by atoms with Crippen LogP contribution in [-0.2, 0) is 19.1 Å². The zero-order valence-corrected chi connectivity index (χ0v) is 17.7. The van der Waals surface area contributed by atoms with Crippen molar-refractivity contribution in [2.75, 3.05) is 11.5 Å².